The Bertz CT molecular complexity index is 920. The lowest BCUT2D eigenvalue weighted by Gasteiger charge is -2.09. The van der Waals surface area contributed by atoms with E-state index in [1.54, 1.807) is 6.07 Å². The lowest BCUT2D eigenvalue weighted by Crippen LogP contribution is -2.26. The number of carboxylic acid groups (broad SMARTS) is 1. The van der Waals surface area contributed by atoms with Gasteiger partial charge in [0.2, 0.25) is 0 Å². The number of halogens is 1. The summed E-state index contributed by atoms with van der Waals surface area (Å²) in [6, 6.07) is 13.8. The molecular formula is C16H11ClN2O3. The van der Waals surface area contributed by atoms with Crippen LogP contribution in [0.2, 0.25) is 5.02 Å². The first-order chi connectivity index (χ1) is 10.6. The van der Waals surface area contributed by atoms with Crippen molar-refractivity contribution in [3.63, 3.8) is 0 Å². The molecule has 0 saturated heterocycles. The van der Waals surface area contributed by atoms with Crippen LogP contribution in [0.25, 0.3) is 10.8 Å². The van der Waals surface area contributed by atoms with E-state index in [0.29, 0.717) is 5.02 Å². The molecule has 0 radical (unpaired) electrons. The highest BCUT2D eigenvalue weighted by Crippen LogP contribution is 2.19. The highest BCUT2D eigenvalue weighted by molar-refractivity contribution is 6.31. The molecule has 1 aromatic heterocycles. The Morgan fingerprint density at radius 1 is 1.14 bits per heavy atom. The van der Waals surface area contributed by atoms with E-state index in [9.17, 15) is 14.7 Å². The number of fused-ring (bicyclic) bond motifs is 1. The third-order valence-electron chi connectivity index (χ3n) is 3.30. The van der Waals surface area contributed by atoms with Gasteiger partial charge >= 0.3 is 5.97 Å². The van der Waals surface area contributed by atoms with E-state index in [0.717, 1.165) is 10.2 Å². The fraction of sp³-hybridized carbons (Fsp3) is 0.0625. The van der Waals surface area contributed by atoms with Crippen LogP contribution in [0, 0.1) is 0 Å². The van der Waals surface area contributed by atoms with E-state index in [1.807, 2.05) is 30.3 Å². The topological polar surface area (TPSA) is 72.2 Å². The van der Waals surface area contributed by atoms with Crippen LogP contribution >= 0.6 is 11.6 Å². The molecule has 6 heteroatoms. The average Bonchev–Trinajstić information content (AvgIpc) is 2.50. The Kier molecular flexibility index (Phi) is 3.65. The summed E-state index contributed by atoms with van der Waals surface area (Å²) in [4.78, 5) is 23.9. The first-order valence-electron chi connectivity index (χ1n) is 6.54. The van der Waals surface area contributed by atoms with E-state index in [4.69, 9.17) is 11.6 Å². The molecule has 2 aromatic carbocycles. The van der Waals surface area contributed by atoms with Gasteiger partial charge in [-0.3, -0.25) is 4.79 Å². The van der Waals surface area contributed by atoms with Gasteiger partial charge in [0, 0.05) is 10.4 Å². The van der Waals surface area contributed by atoms with Crippen molar-refractivity contribution in [3.8, 4) is 0 Å². The van der Waals surface area contributed by atoms with Crippen LogP contribution in [0.15, 0.2) is 53.3 Å². The summed E-state index contributed by atoms with van der Waals surface area (Å²) in [6.45, 7) is 0.207. The zero-order valence-electron chi connectivity index (χ0n) is 11.4. The minimum Gasteiger partial charge on any atom is -0.476 e. The van der Waals surface area contributed by atoms with Gasteiger partial charge in [-0.2, -0.15) is 5.10 Å². The van der Waals surface area contributed by atoms with Crippen molar-refractivity contribution >= 4 is 28.3 Å². The smallest absolute Gasteiger partial charge is 0.357 e. The molecule has 110 valence electrons. The maximum absolute atomic E-state index is 12.5. The molecule has 0 amide bonds. The third-order valence-corrected chi connectivity index (χ3v) is 3.54. The van der Waals surface area contributed by atoms with E-state index in [1.165, 1.54) is 12.1 Å². The van der Waals surface area contributed by atoms with Gasteiger partial charge in [-0.1, -0.05) is 41.9 Å². The molecular weight excluding hydrogens is 304 g/mol. The summed E-state index contributed by atoms with van der Waals surface area (Å²) in [6.07, 6.45) is 0. The van der Waals surface area contributed by atoms with Gasteiger partial charge in [0.15, 0.2) is 5.69 Å². The minimum atomic E-state index is -1.20. The molecule has 0 atom stereocenters. The van der Waals surface area contributed by atoms with Crippen molar-refractivity contribution in [3.05, 3.63) is 75.2 Å². The van der Waals surface area contributed by atoms with E-state index < -0.39 is 5.97 Å². The number of hydrogen-bond donors (Lipinski definition) is 1. The number of aromatic nitrogens is 2. The van der Waals surface area contributed by atoms with Gasteiger partial charge in [-0.15, -0.1) is 0 Å². The fourth-order valence-corrected chi connectivity index (χ4v) is 2.45. The maximum Gasteiger partial charge on any atom is 0.357 e. The Morgan fingerprint density at radius 2 is 1.86 bits per heavy atom. The fourth-order valence-electron chi connectivity index (χ4n) is 2.28. The predicted molar refractivity (Wildman–Crippen MR) is 83.5 cm³/mol. The minimum absolute atomic E-state index is 0.187. The maximum atomic E-state index is 12.5. The first-order valence-corrected chi connectivity index (χ1v) is 6.91. The predicted octanol–water partition coefficient (Wildman–Crippen LogP) is 2.80. The van der Waals surface area contributed by atoms with Gasteiger partial charge in [-0.25, -0.2) is 9.48 Å². The summed E-state index contributed by atoms with van der Waals surface area (Å²) in [5.74, 6) is -1.20. The summed E-state index contributed by atoms with van der Waals surface area (Å²) in [5.41, 5.74) is 0.329. The average molecular weight is 315 g/mol. The van der Waals surface area contributed by atoms with Crippen LogP contribution in [0.1, 0.15) is 16.1 Å². The number of benzene rings is 2. The summed E-state index contributed by atoms with van der Waals surface area (Å²) >= 11 is 5.89. The van der Waals surface area contributed by atoms with Crippen LogP contribution in [0.4, 0.5) is 0 Å². The van der Waals surface area contributed by atoms with E-state index in [-0.39, 0.29) is 28.6 Å². The zero-order chi connectivity index (χ0) is 15.7. The Labute approximate surface area is 130 Å². The SMILES string of the molecule is O=C(O)c1nn(Cc2ccccc2)c(=O)c2ccc(Cl)cc12. The second-order valence-corrected chi connectivity index (χ2v) is 5.23. The van der Waals surface area contributed by atoms with Crippen molar-refractivity contribution in [1.82, 2.24) is 9.78 Å². The molecule has 3 rings (SSSR count). The monoisotopic (exact) mass is 314 g/mol. The second-order valence-electron chi connectivity index (χ2n) is 4.79. The molecule has 3 aromatic rings. The van der Waals surface area contributed by atoms with Gasteiger partial charge in [0.25, 0.3) is 5.56 Å². The molecule has 0 saturated carbocycles. The lowest BCUT2D eigenvalue weighted by atomic mass is 10.1. The zero-order valence-corrected chi connectivity index (χ0v) is 12.1. The number of nitrogens with zero attached hydrogens (tertiary/aromatic N) is 2. The van der Waals surface area contributed by atoms with Crippen LogP contribution in [0.3, 0.4) is 0 Å². The number of rotatable bonds is 3. The van der Waals surface area contributed by atoms with Crippen LogP contribution in [0.5, 0.6) is 0 Å². The van der Waals surface area contributed by atoms with Crippen molar-refractivity contribution < 1.29 is 9.90 Å². The summed E-state index contributed by atoms with van der Waals surface area (Å²) in [7, 11) is 0. The van der Waals surface area contributed by atoms with Crippen LogP contribution < -0.4 is 5.56 Å². The van der Waals surface area contributed by atoms with Gasteiger partial charge in [0.05, 0.1) is 11.9 Å². The van der Waals surface area contributed by atoms with Crippen molar-refractivity contribution in [1.29, 1.82) is 0 Å². The Hall–Kier alpha value is -2.66. The van der Waals surface area contributed by atoms with Crippen molar-refractivity contribution in [2.75, 3.05) is 0 Å². The molecule has 0 aliphatic heterocycles. The van der Waals surface area contributed by atoms with Crippen molar-refractivity contribution in [2.45, 2.75) is 6.54 Å². The van der Waals surface area contributed by atoms with E-state index in [2.05, 4.69) is 5.10 Å². The number of carboxylic acids is 1. The van der Waals surface area contributed by atoms with Gasteiger partial charge in [-0.05, 0) is 23.8 Å². The van der Waals surface area contributed by atoms with Gasteiger partial charge < -0.3 is 5.11 Å². The highest BCUT2D eigenvalue weighted by atomic mass is 35.5. The molecule has 22 heavy (non-hydrogen) atoms. The lowest BCUT2D eigenvalue weighted by molar-refractivity contribution is 0.0690. The van der Waals surface area contributed by atoms with E-state index >= 15 is 0 Å². The highest BCUT2D eigenvalue weighted by Gasteiger charge is 2.16. The van der Waals surface area contributed by atoms with Crippen LogP contribution in [-0.4, -0.2) is 20.9 Å². The molecule has 0 unspecified atom stereocenters. The normalized spacial score (nSPS) is 10.8. The molecule has 1 heterocycles. The summed E-state index contributed by atoms with van der Waals surface area (Å²) in [5, 5.41) is 14.2. The molecule has 0 fully saturated rings. The molecule has 5 nitrogen and oxygen atoms in total. The third kappa shape index (κ3) is 2.58. The second kappa shape index (κ2) is 5.61. The number of hydrogen-bond acceptors (Lipinski definition) is 3. The number of carbonyl (C=O) groups is 1. The molecule has 0 spiro atoms. The Balaban J connectivity index is 2.24. The largest absolute Gasteiger partial charge is 0.476 e. The number of aromatic carboxylic acids is 1. The quantitative estimate of drug-likeness (QED) is 0.807. The standard InChI is InChI=1S/C16H11ClN2O3/c17-11-6-7-12-13(8-11)14(16(21)22)18-19(15(12)20)9-10-4-2-1-3-5-10/h1-8H,9H2,(H,21,22). The first kappa shape index (κ1) is 14.3. The molecule has 0 aliphatic carbocycles. The molecule has 1 N–H and O–H groups in total. The van der Waals surface area contributed by atoms with Crippen molar-refractivity contribution in [2.24, 2.45) is 0 Å². The molecule has 0 bridgehead atoms. The molecule has 0 aliphatic rings. The Morgan fingerprint density at radius 3 is 2.55 bits per heavy atom. The van der Waals surface area contributed by atoms with Crippen LogP contribution in [-0.2, 0) is 6.54 Å². The van der Waals surface area contributed by atoms with Gasteiger partial charge in [0.1, 0.15) is 0 Å². The summed E-state index contributed by atoms with van der Waals surface area (Å²) < 4.78 is 1.16.